The first-order chi connectivity index (χ1) is 5.86. The van der Waals surface area contributed by atoms with E-state index in [1.54, 1.807) is 0 Å². The van der Waals surface area contributed by atoms with Crippen LogP contribution in [0.15, 0.2) is 28.7 Å². The summed E-state index contributed by atoms with van der Waals surface area (Å²) in [5.74, 6) is 0. The van der Waals surface area contributed by atoms with E-state index in [2.05, 4.69) is 15.9 Å². The van der Waals surface area contributed by atoms with E-state index in [1.165, 1.54) is 0 Å². The fourth-order valence-corrected chi connectivity index (χ4v) is 1.33. The minimum atomic E-state index is 0.641. The van der Waals surface area contributed by atoms with E-state index in [0.29, 0.717) is 19.5 Å². The zero-order valence-corrected chi connectivity index (χ0v) is 8.00. The smallest absolute Gasteiger partial charge is 0.256 e. The van der Waals surface area contributed by atoms with E-state index in [1.807, 2.05) is 24.3 Å². The molecular formula is C9H8BrO2. The summed E-state index contributed by atoms with van der Waals surface area (Å²) < 4.78 is 11.6. The van der Waals surface area contributed by atoms with Crippen molar-refractivity contribution < 1.29 is 9.47 Å². The molecule has 0 spiro atoms. The monoisotopic (exact) mass is 227 g/mol. The SMILES string of the molecule is Brc1ccc([C]2OCCO2)cc1. The van der Waals surface area contributed by atoms with Crippen LogP contribution in [0.2, 0.25) is 0 Å². The molecule has 0 aliphatic carbocycles. The lowest BCUT2D eigenvalue weighted by molar-refractivity contribution is 0.0997. The van der Waals surface area contributed by atoms with Crippen molar-refractivity contribution in [3.63, 3.8) is 0 Å². The Labute approximate surface area is 79.6 Å². The van der Waals surface area contributed by atoms with Gasteiger partial charge in [0.2, 0.25) is 0 Å². The van der Waals surface area contributed by atoms with Gasteiger partial charge in [0.25, 0.3) is 6.29 Å². The van der Waals surface area contributed by atoms with Gasteiger partial charge in [-0.25, -0.2) is 0 Å². The molecule has 0 unspecified atom stereocenters. The molecule has 1 fully saturated rings. The van der Waals surface area contributed by atoms with Crippen molar-refractivity contribution in [2.75, 3.05) is 13.2 Å². The first-order valence-electron chi connectivity index (χ1n) is 3.75. The molecule has 1 aliphatic heterocycles. The zero-order chi connectivity index (χ0) is 8.39. The summed E-state index contributed by atoms with van der Waals surface area (Å²) in [5, 5.41) is 0. The number of ether oxygens (including phenoxy) is 2. The minimum absolute atomic E-state index is 0.641. The molecule has 0 aromatic heterocycles. The van der Waals surface area contributed by atoms with Crippen LogP contribution in [0.25, 0.3) is 0 Å². The van der Waals surface area contributed by atoms with Gasteiger partial charge >= 0.3 is 0 Å². The van der Waals surface area contributed by atoms with Gasteiger partial charge in [-0.15, -0.1) is 0 Å². The van der Waals surface area contributed by atoms with Crippen LogP contribution in [-0.4, -0.2) is 13.2 Å². The van der Waals surface area contributed by atoms with E-state index in [4.69, 9.17) is 9.47 Å². The van der Waals surface area contributed by atoms with E-state index in [-0.39, 0.29) is 0 Å². The molecule has 0 N–H and O–H groups in total. The molecule has 1 radical (unpaired) electrons. The van der Waals surface area contributed by atoms with Gasteiger partial charge < -0.3 is 9.47 Å². The Morgan fingerprint density at radius 3 is 2.17 bits per heavy atom. The molecule has 1 saturated heterocycles. The molecule has 0 amide bonds. The van der Waals surface area contributed by atoms with Crippen LogP contribution in [0.5, 0.6) is 0 Å². The molecule has 2 nitrogen and oxygen atoms in total. The maximum absolute atomic E-state index is 5.26. The van der Waals surface area contributed by atoms with E-state index < -0.39 is 0 Å². The van der Waals surface area contributed by atoms with Gasteiger partial charge in [-0.2, -0.15) is 0 Å². The maximum Gasteiger partial charge on any atom is 0.256 e. The first kappa shape index (κ1) is 8.23. The summed E-state index contributed by atoms with van der Waals surface area (Å²) in [6.45, 7) is 1.32. The molecule has 1 aliphatic rings. The van der Waals surface area contributed by atoms with Gasteiger partial charge in [0.05, 0.1) is 13.2 Å². The first-order valence-corrected chi connectivity index (χ1v) is 4.54. The lowest BCUT2D eigenvalue weighted by atomic mass is 10.2. The number of hydrogen-bond acceptors (Lipinski definition) is 2. The summed E-state index contributed by atoms with van der Waals surface area (Å²) in [5.41, 5.74) is 0.996. The second-order valence-electron chi connectivity index (χ2n) is 2.49. The van der Waals surface area contributed by atoms with Gasteiger partial charge in [0, 0.05) is 10.0 Å². The molecule has 12 heavy (non-hydrogen) atoms. The number of rotatable bonds is 1. The lowest BCUT2D eigenvalue weighted by Crippen LogP contribution is -1.97. The second kappa shape index (κ2) is 3.56. The second-order valence-corrected chi connectivity index (χ2v) is 3.41. The van der Waals surface area contributed by atoms with Crippen LogP contribution in [-0.2, 0) is 9.47 Å². The molecule has 1 heterocycles. The highest BCUT2D eigenvalue weighted by atomic mass is 79.9. The third-order valence-electron chi connectivity index (χ3n) is 1.63. The van der Waals surface area contributed by atoms with Crippen molar-refractivity contribution in [1.29, 1.82) is 0 Å². The third kappa shape index (κ3) is 1.68. The molecule has 3 heteroatoms. The van der Waals surface area contributed by atoms with Crippen LogP contribution in [0.4, 0.5) is 0 Å². The summed E-state index contributed by atoms with van der Waals surface area (Å²) in [7, 11) is 0. The fourth-order valence-electron chi connectivity index (χ4n) is 1.06. The molecule has 0 atom stereocenters. The van der Waals surface area contributed by atoms with Crippen molar-refractivity contribution >= 4 is 15.9 Å². The summed E-state index contributed by atoms with van der Waals surface area (Å²) in [6.07, 6.45) is 0.641. The third-order valence-corrected chi connectivity index (χ3v) is 2.16. The molecular weight excluding hydrogens is 220 g/mol. The van der Waals surface area contributed by atoms with Gasteiger partial charge in [-0.05, 0) is 12.1 Å². The molecule has 1 aromatic carbocycles. The van der Waals surface area contributed by atoms with E-state index in [9.17, 15) is 0 Å². The Balaban J connectivity index is 2.17. The number of benzene rings is 1. The summed E-state index contributed by atoms with van der Waals surface area (Å²) in [6, 6.07) is 7.86. The van der Waals surface area contributed by atoms with E-state index in [0.717, 1.165) is 10.0 Å². The summed E-state index contributed by atoms with van der Waals surface area (Å²) in [4.78, 5) is 0. The van der Waals surface area contributed by atoms with Gasteiger partial charge in [0.1, 0.15) is 0 Å². The topological polar surface area (TPSA) is 18.5 Å². The Morgan fingerprint density at radius 1 is 1.00 bits per heavy atom. The normalized spacial score (nSPS) is 18.4. The Bertz CT molecular complexity index is 252. The van der Waals surface area contributed by atoms with Crippen molar-refractivity contribution in [2.24, 2.45) is 0 Å². The molecule has 63 valence electrons. The quantitative estimate of drug-likeness (QED) is 0.734. The number of halogens is 1. The molecule has 0 saturated carbocycles. The standard InChI is InChI=1S/C9H8BrO2/c10-8-3-1-7(2-4-8)9-11-5-6-12-9/h1-4H,5-6H2. The van der Waals surface area contributed by atoms with Crippen molar-refractivity contribution in [2.45, 2.75) is 0 Å². The summed E-state index contributed by atoms with van der Waals surface area (Å²) >= 11 is 3.36. The average molecular weight is 228 g/mol. The van der Waals surface area contributed by atoms with Crippen LogP contribution < -0.4 is 0 Å². The lowest BCUT2D eigenvalue weighted by Gasteiger charge is -2.05. The highest BCUT2D eigenvalue weighted by Crippen LogP contribution is 2.23. The largest absolute Gasteiger partial charge is 0.339 e. The van der Waals surface area contributed by atoms with Crippen molar-refractivity contribution in [3.8, 4) is 0 Å². The molecule has 1 aromatic rings. The Morgan fingerprint density at radius 2 is 1.58 bits per heavy atom. The van der Waals surface area contributed by atoms with Crippen LogP contribution in [0, 0.1) is 6.29 Å². The van der Waals surface area contributed by atoms with Crippen molar-refractivity contribution in [3.05, 3.63) is 40.6 Å². The highest BCUT2D eigenvalue weighted by molar-refractivity contribution is 9.10. The predicted molar refractivity (Wildman–Crippen MR) is 48.4 cm³/mol. The predicted octanol–water partition coefficient (Wildman–Crippen LogP) is 2.33. The fraction of sp³-hybridized carbons (Fsp3) is 0.222. The van der Waals surface area contributed by atoms with Gasteiger partial charge in [0.15, 0.2) is 0 Å². The molecule has 0 bridgehead atoms. The minimum Gasteiger partial charge on any atom is -0.339 e. The van der Waals surface area contributed by atoms with Gasteiger partial charge in [-0.1, -0.05) is 28.1 Å². The maximum atomic E-state index is 5.26. The average Bonchev–Trinajstić information content (AvgIpc) is 2.58. The van der Waals surface area contributed by atoms with E-state index >= 15 is 0 Å². The zero-order valence-electron chi connectivity index (χ0n) is 6.42. The Kier molecular flexibility index (Phi) is 2.44. The van der Waals surface area contributed by atoms with Crippen molar-refractivity contribution in [1.82, 2.24) is 0 Å². The highest BCUT2D eigenvalue weighted by Gasteiger charge is 2.19. The van der Waals surface area contributed by atoms with Crippen LogP contribution in [0.3, 0.4) is 0 Å². The molecule has 2 rings (SSSR count). The van der Waals surface area contributed by atoms with Gasteiger partial charge in [-0.3, -0.25) is 0 Å². The van der Waals surface area contributed by atoms with Crippen LogP contribution >= 0.6 is 15.9 Å². The van der Waals surface area contributed by atoms with Crippen LogP contribution in [0.1, 0.15) is 5.56 Å². The Hall–Kier alpha value is -0.380. The number of hydrogen-bond donors (Lipinski definition) is 0.